The summed E-state index contributed by atoms with van der Waals surface area (Å²) in [4.78, 5) is 4.21. The lowest BCUT2D eigenvalue weighted by Crippen LogP contribution is -2.02. The van der Waals surface area contributed by atoms with Crippen LogP contribution in [0.3, 0.4) is 0 Å². The van der Waals surface area contributed by atoms with Gasteiger partial charge in [-0.05, 0) is 48.4 Å². The first-order valence-electron chi connectivity index (χ1n) is 8.90. The molecule has 142 valence electrons. The number of nitriles is 1. The summed E-state index contributed by atoms with van der Waals surface area (Å²) in [6, 6.07) is 19.4. The first-order valence-corrected chi connectivity index (χ1v) is 10.3. The Bertz CT molecular complexity index is 1200. The smallest absolute Gasteiger partial charge is 0.196 e. The second-order valence-electron chi connectivity index (χ2n) is 6.37. The maximum absolute atomic E-state index is 9.35. The van der Waals surface area contributed by atoms with Gasteiger partial charge in [0.2, 0.25) is 0 Å². The quantitative estimate of drug-likeness (QED) is 0.403. The average Bonchev–Trinajstić information content (AvgIpc) is 3.18. The molecular weight excluding hydrogens is 402 g/mol. The van der Waals surface area contributed by atoms with E-state index in [0.29, 0.717) is 22.2 Å². The summed E-state index contributed by atoms with van der Waals surface area (Å²) in [5.41, 5.74) is 4.46. The summed E-state index contributed by atoms with van der Waals surface area (Å²) in [5, 5.41) is 19.6. The van der Waals surface area contributed by atoms with Crippen LogP contribution in [0.25, 0.3) is 17.1 Å². The maximum atomic E-state index is 9.35. The van der Waals surface area contributed by atoms with E-state index in [9.17, 15) is 5.26 Å². The second kappa shape index (κ2) is 8.48. The molecule has 2 aromatic carbocycles. The van der Waals surface area contributed by atoms with E-state index in [1.54, 1.807) is 12.4 Å². The SMILES string of the molecule is Cc1ccc(Cl)cc1-n1c(SCc2ccccc2C#N)nnc1-c1cccnc1. The van der Waals surface area contributed by atoms with E-state index in [0.717, 1.165) is 27.5 Å². The van der Waals surface area contributed by atoms with E-state index in [4.69, 9.17) is 11.6 Å². The van der Waals surface area contributed by atoms with Crippen LogP contribution in [0.15, 0.2) is 72.1 Å². The average molecular weight is 418 g/mol. The van der Waals surface area contributed by atoms with Crippen LogP contribution in [-0.2, 0) is 5.75 Å². The normalized spacial score (nSPS) is 10.7. The van der Waals surface area contributed by atoms with Gasteiger partial charge in [-0.2, -0.15) is 5.26 Å². The molecule has 4 aromatic rings. The highest BCUT2D eigenvalue weighted by Gasteiger charge is 2.18. The van der Waals surface area contributed by atoms with E-state index < -0.39 is 0 Å². The van der Waals surface area contributed by atoms with Crippen molar-refractivity contribution < 1.29 is 0 Å². The number of aromatic nitrogens is 4. The Morgan fingerprint density at radius 3 is 2.76 bits per heavy atom. The Hall–Kier alpha value is -3.14. The van der Waals surface area contributed by atoms with Crippen LogP contribution in [-0.4, -0.2) is 19.7 Å². The molecule has 5 nitrogen and oxygen atoms in total. The Morgan fingerprint density at radius 1 is 1.10 bits per heavy atom. The highest BCUT2D eigenvalue weighted by Crippen LogP contribution is 2.32. The summed E-state index contributed by atoms with van der Waals surface area (Å²) in [5.74, 6) is 1.30. The van der Waals surface area contributed by atoms with E-state index in [2.05, 4.69) is 21.3 Å². The van der Waals surface area contributed by atoms with Gasteiger partial charge in [0.1, 0.15) is 0 Å². The Morgan fingerprint density at radius 2 is 1.97 bits per heavy atom. The lowest BCUT2D eigenvalue weighted by Gasteiger charge is -2.13. The fourth-order valence-corrected chi connectivity index (χ4v) is 4.10. The van der Waals surface area contributed by atoms with Crippen LogP contribution in [0.1, 0.15) is 16.7 Å². The van der Waals surface area contributed by atoms with E-state index in [1.165, 1.54) is 11.8 Å². The summed E-state index contributed by atoms with van der Waals surface area (Å²) in [7, 11) is 0. The third kappa shape index (κ3) is 4.02. The maximum Gasteiger partial charge on any atom is 0.196 e. The van der Waals surface area contributed by atoms with Gasteiger partial charge >= 0.3 is 0 Å². The number of hydrogen-bond acceptors (Lipinski definition) is 5. The molecule has 0 saturated heterocycles. The number of thioether (sulfide) groups is 1. The van der Waals surface area contributed by atoms with Crippen molar-refractivity contribution in [2.24, 2.45) is 0 Å². The van der Waals surface area contributed by atoms with E-state index in [1.807, 2.05) is 66.1 Å². The van der Waals surface area contributed by atoms with Crippen molar-refractivity contribution in [2.45, 2.75) is 17.8 Å². The molecule has 0 aliphatic rings. The number of pyridine rings is 1. The minimum Gasteiger partial charge on any atom is -0.270 e. The Kier molecular flexibility index (Phi) is 5.61. The van der Waals surface area contributed by atoms with Gasteiger partial charge in [0, 0.05) is 28.7 Å². The molecule has 0 fully saturated rings. The fraction of sp³-hybridized carbons (Fsp3) is 0.0909. The molecule has 0 bridgehead atoms. The van der Waals surface area contributed by atoms with Crippen molar-refractivity contribution >= 4 is 23.4 Å². The van der Waals surface area contributed by atoms with Crippen LogP contribution >= 0.6 is 23.4 Å². The van der Waals surface area contributed by atoms with Crippen molar-refractivity contribution in [1.82, 2.24) is 19.7 Å². The zero-order valence-electron chi connectivity index (χ0n) is 15.6. The number of halogens is 1. The summed E-state index contributed by atoms with van der Waals surface area (Å²) in [6.45, 7) is 2.03. The molecule has 0 aliphatic heterocycles. The monoisotopic (exact) mass is 417 g/mol. The third-order valence-corrected chi connectivity index (χ3v) is 5.67. The zero-order valence-corrected chi connectivity index (χ0v) is 17.2. The lowest BCUT2D eigenvalue weighted by molar-refractivity contribution is 0.880. The highest BCUT2D eigenvalue weighted by atomic mass is 35.5. The molecule has 4 rings (SSSR count). The number of benzene rings is 2. The Labute approximate surface area is 178 Å². The first kappa shape index (κ1) is 19.2. The van der Waals surface area contributed by atoms with Crippen molar-refractivity contribution in [3.63, 3.8) is 0 Å². The number of rotatable bonds is 5. The van der Waals surface area contributed by atoms with Gasteiger partial charge in [-0.3, -0.25) is 9.55 Å². The topological polar surface area (TPSA) is 67.4 Å². The predicted molar refractivity (Wildman–Crippen MR) is 115 cm³/mol. The molecule has 2 aromatic heterocycles. The van der Waals surface area contributed by atoms with Crippen molar-refractivity contribution in [1.29, 1.82) is 5.26 Å². The summed E-state index contributed by atoms with van der Waals surface area (Å²) >= 11 is 7.82. The van der Waals surface area contributed by atoms with Crippen molar-refractivity contribution in [3.05, 3.63) is 88.7 Å². The fourth-order valence-electron chi connectivity index (χ4n) is 2.98. The first-order chi connectivity index (χ1) is 14.2. The van der Waals surface area contributed by atoms with Crippen LogP contribution in [0.5, 0.6) is 0 Å². The van der Waals surface area contributed by atoms with Gasteiger partial charge in [-0.25, -0.2) is 0 Å². The van der Waals surface area contributed by atoms with Gasteiger partial charge in [0.15, 0.2) is 11.0 Å². The number of nitrogens with zero attached hydrogens (tertiary/aromatic N) is 5. The van der Waals surface area contributed by atoms with Gasteiger partial charge in [0.05, 0.1) is 17.3 Å². The minimum absolute atomic E-state index is 0.606. The molecule has 0 atom stereocenters. The molecule has 2 heterocycles. The van der Waals surface area contributed by atoms with Gasteiger partial charge < -0.3 is 0 Å². The van der Waals surface area contributed by atoms with Crippen LogP contribution in [0.2, 0.25) is 5.02 Å². The summed E-state index contributed by atoms with van der Waals surface area (Å²) in [6.07, 6.45) is 3.49. The van der Waals surface area contributed by atoms with Crippen LogP contribution in [0, 0.1) is 18.3 Å². The highest BCUT2D eigenvalue weighted by molar-refractivity contribution is 7.98. The third-order valence-electron chi connectivity index (χ3n) is 4.46. The molecule has 0 spiro atoms. The summed E-state index contributed by atoms with van der Waals surface area (Å²) < 4.78 is 2.00. The van der Waals surface area contributed by atoms with E-state index in [-0.39, 0.29) is 0 Å². The second-order valence-corrected chi connectivity index (χ2v) is 7.75. The minimum atomic E-state index is 0.606. The number of aryl methyl sites for hydroxylation is 1. The molecule has 0 radical (unpaired) electrons. The zero-order chi connectivity index (χ0) is 20.2. The molecule has 0 aliphatic carbocycles. The molecular formula is C22H16ClN5S. The molecule has 29 heavy (non-hydrogen) atoms. The van der Waals surface area contributed by atoms with Crippen molar-refractivity contribution in [3.8, 4) is 23.1 Å². The van der Waals surface area contributed by atoms with Crippen LogP contribution < -0.4 is 0 Å². The van der Waals surface area contributed by atoms with Gasteiger partial charge in [-0.15, -0.1) is 10.2 Å². The number of hydrogen-bond donors (Lipinski definition) is 0. The largest absolute Gasteiger partial charge is 0.270 e. The van der Waals surface area contributed by atoms with Crippen LogP contribution in [0.4, 0.5) is 0 Å². The molecule has 0 unspecified atom stereocenters. The predicted octanol–water partition coefficient (Wildman–Crippen LogP) is 5.46. The molecule has 7 heteroatoms. The molecule has 0 saturated carbocycles. The van der Waals surface area contributed by atoms with E-state index >= 15 is 0 Å². The Balaban J connectivity index is 1.79. The standard InChI is InChI=1S/C22H16ClN5S/c1-15-8-9-19(23)11-20(15)28-21(17-7-4-10-25-13-17)26-27-22(28)29-14-18-6-3-2-5-16(18)12-24/h2-11,13H,14H2,1H3. The van der Waals surface area contributed by atoms with Gasteiger partial charge in [0.25, 0.3) is 0 Å². The van der Waals surface area contributed by atoms with Gasteiger partial charge in [-0.1, -0.05) is 47.6 Å². The lowest BCUT2D eigenvalue weighted by atomic mass is 10.1. The van der Waals surface area contributed by atoms with Crippen molar-refractivity contribution in [2.75, 3.05) is 0 Å². The molecule has 0 amide bonds. The molecule has 0 N–H and O–H groups in total.